The molecule has 0 heterocycles. The summed E-state index contributed by atoms with van der Waals surface area (Å²) in [6.45, 7) is 3.89. The van der Waals surface area contributed by atoms with Gasteiger partial charge in [-0.15, -0.1) is 0 Å². The topological polar surface area (TPSA) is 18.5 Å². The van der Waals surface area contributed by atoms with Gasteiger partial charge in [0.15, 0.2) is 11.6 Å². The molecule has 0 N–H and O–H groups in total. The molecule has 5 rings (SSSR count). The van der Waals surface area contributed by atoms with Crippen LogP contribution in [0.4, 0.5) is 30.7 Å². The van der Waals surface area contributed by atoms with Crippen LogP contribution in [0.5, 0.6) is 11.5 Å². The zero-order chi connectivity index (χ0) is 33.7. The average Bonchev–Trinajstić information content (AvgIpc) is 3.02. The predicted octanol–water partition coefficient (Wildman–Crippen LogP) is 11.9. The van der Waals surface area contributed by atoms with Crippen LogP contribution in [0.25, 0.3) is 22.3 Å². The summed E-state index contributed by atoms with van der Waals surface area (Å²) in [7, 11) is 0. The highest BCUT2D eigenvalue weighted by Crippen LogP contribution is 2.41. The second-order valence-corrected chi connectivity index (χ2v) is 11.8. The molecule has 9 heteroatoms. The Labute approximate surface area is 269 Å². The van der Waals surface area contributed by atoms with Crippen LogP contribution in [-0.4, -0.2) is 6.61 Å². The minimum Gasteiger partial charge on any atom is -0.491 e. The molecule has 0 spiro atoms. The number of hydrogen-bond donors (Lipinski definition) is 0. The molecule has 4 aromatic carbocycles. The first-order chi connectivity index (χ1) is 22.5. The van der Waals surface area contributed by atoms with Gasteiger partial charge in [-0.2, -0.15) is 8.78 Å². The Morgan fingerprint density at radius 1 is 0.723 bits per heavy atom. The van der Waals surface area contributed by atoms with Gasteiger partial charge in [0, 0.05) is 17.2 Å². The number of hydrogen-bond acceptors (Lipinski definition) is 2. The first-order valence-corrected chi connectivity index (χ1v) is 15.7. The van der Waals surface area contributed by atoms with E-state index < -0.39 is 46.5 Å². The van der Waals surface area contributed by atoms with E-state index in [1.807, 2.05) is 13.0 Å². The smallest absolute Gasteiger partial charge is 0.432 e. The Hall–Kier alpha value is -4.27. The summed E-state index contributed by atoms with van der Waals surface area (Å²) < 4.78 is 114. The van der Waals surface area contributed by atoms with E-state index in [1.54, 1.807) is 13.0 Å². The maximum absolute atomic E-state index is 15.2. The molecule has 1 aliphatic carbocycles. The van der Waals surface area contributed by atoms with Gasteiger partial charge in [-0.25, -0.2) is 22.0 Å². The minimum absolute atomic E-state index is 0.0325. The van der Waals surface area contributed by atoms with Crippen LogP contribution in [0.2, 0.25) is 0 Å². The van der Waals surface area contributed by atoms with Crippen LogP contribution >= 0.6 is 0 Å². The van der Waals surface area contributed by atoms with Crippen molar-refractivity contribution >= 4 is 0 Å². The Kier molecular flexibility index (Phi) is 10.6. The standard InChI is InChI=1S/C38H35F7O2/c1-3-5-6-7-23-8-10-24(11-9-23)25-12-15-30(31(39)18-25)27-20-34(42)37(35(43)21-27)38(44,45)47-28-14-16-29(32(40)22-28)26-13-17-36(46-4-2)33(41)19-26/h3,5,12-24H,4,6-11H2,1-2H3. The van der Waals surface area contributed by atoms with Gasteiger partial charge in [-0.05, 0) is 123 Å². The van der Waals surface area contributed by atoms with E-state index >= 15 is 22.0 Å². The highest BCUT2D eigenvalue weighted by Gasteiger charge is 2.41. The van der Waals surface area contributed by atoms with E-state index in [0.717, 1.165) is 62.3 Å². The lowest BCUT2D eigenvalue weighted by Gasteiger charge is -2.29. The monoisotopic (exact) mass is 656 g/mol. The second kappa shape index (κ2) is 14.7. The summed E-state index contributed by atoms with van der Waals surface area (Å²) in [6.07, 6.45) is 5.72. The van der Waals surface area contributed by atoms with Crippen LogP contribution in [0.3, 0.4) is 0 Å². The third kappa shape index (κ3) is 7.83. The van der Waals surface area contributed by atoms with Crippen molar-refractivity contribution in [2.75, 3.05) is 6.61 Å². The molecule has 0 saturated heterocycles. The predicted molar refractivity (Wildman–Crippen MR) is 168 cm³/mol. The van der Waals surface area contributed by atoms with E-state index in [1.165, 1.54) is 24.3 Å². The van der Waals surface area contributed by atoms with E-state index in [0.29, 0.717) is 24.1 Å². The van der Waals surface area contributed by atoms with Crippen molar-refractivity contribution < 1.29 is 40.2 Å². The number of alkyl halides is 2. The molecule has 0 aromatic heterocycles. The van der Waals surface area contributed by atoms with Gasteiger partial charge in [0.2, 0.25) is 0 Å². The first-order valence-electron chi connectivity index (χ1n) is 15.7. The number of rotatable bonds is 11. The summed E-state index contributed by atoms with van der Waals surface area (Å²) in [4.78, 5) is 0. The minimum atomic E-state index is -4.56. The Bertz CT molecular complexity index is 1720. The SMILES string of the molecule is CC=CCCC1CCC(c2ccc(-c3cc(F)c(C(F)(F)Oc4ccc(-c5ccc(OCC)c(F)c5)c(F)c4)c(F)c3)c(F)c2)CC1. The van der Waals surface area contributed by atoms with Crippen LogP contribution in [-0.2, 0) is 6.11 Å². The Morgan fingerprint density at radius 2 is 1.36 bits per heavy atom. The van der Waals surface area contributed by atoms with Gasteiger partial charge in [-0.1, -0.05) is 30.4 Å². The van der Waals surface area contributed by atoms with Crippen molar-refractivity contribution in [2.24, 2.45) is 5.92 Å². The number of halogens is 7. The van der Waals surface area contributed by atoms with Gasteiger partial charge in [0.1, 0.15) is 34.6 Å². The van der Waals surface area contributed by atoms with Crippen molar-refractivity contribution in [3.8, 4) is 33.8 Å². The molecule has 0 amide bonds. The summed E-state index contributed by atoms with van der Waals surface area (Å²) >= 11 is 0. The summed E-state index contributed by atoms with van der Waals surface area (Å²) in [6, 6.07) is 12.1. The van der Waals surface area contributed by atoms with Gasteiger partial charge in [-0.3, -0.25) is 0 Å². The molecule has 47 heavy (non-hydrogen) atoms. The van der Waals surface area contributed by atoms with Gasteiger partial charge < -0.3 is 9.47 Å². The van der Waals surface area contributed by atoms with Crippen molar-refractivity contribution in [2.45, 2.75) is 64.4 Å². The number of allylic oxidation sites excluding steroid dienone is 2. The lowest BCUT2D eigenvalue weighted by molar-refractivity contribution is -0.189. The van der Waals surface area contributed by atoms with Crippen molar-refractivity contribution in [1.82, 2.24) is 0 Å². The van der Waals surface area contributed by atoms with Gasteiger partial charge in [0.25, 0.3) is 0 Å². The van der Waals surface area contributed by atoms with Crippen LogP contribution < -0.4 is 9.47 Å². The fraction of sp³-hybridized carbons (Fsp3) is 0.316. The maximum atomic E-state index is 15.2. The lowest BCUT2D eigenvalue weighted by Crippen LogP contribution is -2.25. The van der Waals surface area contributed by atoms with Crippen LogP contribution in [0.1, 0.15) is 69.4 Å². The molecule has 0 bridgehead atoms. The third-order valence-corrected chi connectivity index (χ3v) is 8.66. The molecule has 2 nitrogen and oxygen atoms in total. The van der Waals surface area contributed by atoms with Crippen LogP contribution in [0, 0.1) is 35.0 Å². The van der Waals surface area contributed by atoms with Crippen LogP contribution in [0.15, 0.2) is 78.9 Å². The molecule has 4 aromatic rings. The lowest BCUT2D eigenvalue weighted by atomic mass is 9.77. The fourth-order valence-electron chi connectivity index (χ4n) is 6.24. The highest BCUT2D eigenvalue weighted by molar-refractivity contribution is 5.67. The molecule has 0 radical (unpaired) electrons. The van der Waals surface area contributed by atoms with Gasteiger partial charge >= 0.3 is 6.11 Å². The average molecular weight is 657 g/mol. The zero-order valence-corrected chi connectivity index (χ0v) is 26.1. The first kappa shape index (κ1) is 34.1. The second-order valence-electron chi connectivity index (χ2n) is 11.8. The summed E-state index contributed by atoms with van der Waals surface area (Å²) in [5.41, 5.74) is -1.31. The summed E-state index contributed by atoms with van der Waals surface area (Å²) in [5, 5.41) is 0. The fourth-order valence-corrected chi connectivity index (χ4v) is 6.24. The molecule has 248 valence electrons. The molecule has 1 fully saturated rings. The molecule has 0 unspecified atom stereocenters. The molecular formula is C38H35F7O2. The van der Waals surface area contributed by atoms with Gasteiger partial charge in [0.05, 0.1) is 6.61 Å². The van der Waals surface area contributed by atoms with Crippen molar-refractivity contribution in [3.63, 3.8) is 0 Å². The van der Waals surface area contributed by atoms with Crippen molar-refractivity contribution in [3.05, 3.63) is 119 Å². The quantitative estimate of drug-likeness (QED) is 0.118. The zero-order valence-electron chi connectivity index (χ0n) is 26.1. The maximum Gasteiger partial charge on any atom is 0.432 e. The largest absolute Gasteiger partial charge is 0.491 e. The number of benzene rings is 4. The third-order valence-electron chi connectivity index (χ3n) is 8.66. The molecular weight excluding hydrogens is 621 g/mol. The van der Waals surface area contributed by atoms with E-state index in [2.05, 4.69) is 10.8 Å². The Morgan fingerprint density at radius 3 is 1.98 bits per heavy atom. The summed E-state index contributed by atoms with van der Waals surface area (Å²) in [5.74, 6) is -5.76. The molecule has 1 saturated carbocycles. The van der Waals surface area contributed by atoms with E-state index in [-0.39, 0.29) is 40.5 Å². The van der Waals surface area contributed by atoms with Crippen molar-refractivity contribution in [1.29, 1.82) is 0 Å². The Balaban J connectivity index is 1.30. The number of ether oxygens (including phenoxy) is 2. The molecule has 0 atom stereocenters. The molecule has 1 aliphatic rings. The molecule has 0 aliphatic heterocycles. The normalized spacial score (nSPS) is 16.9. The van der Waals surface area contributed by atoms with E-state index in [4.69, 9.17) is 4.74 Å². The highest BCUT2D eigenvalue weighted by atomic mass is 19.3. The van der Waals surface area contributed by atoms with E-state index in [9.17, 15) is 8.78 Å².